The van der Waals surface area contributed by atoms with E-state index >= 15 is 0 Å². The zero-order valence-corrected chi connectivity index (χ0v) is 18.1. The minimum Gasteiger partial charge on any atom is -0.472 e. The minimum absolute atomic E-state index is 0.0327. The van der Waals surface area contributed by atoms with Crippen molar-refractivity contribution in [1.82, 2.24) is 9.88 Å². The fraction of sp³-hybridized carbons (Fsp3) is 0.409. The van der Waals surface area contributed by atoms with E-state index in [1.165, 1.54) is 30.3 Å². The molecule has 1 unspecified atom stereocenters. The van der Waals surface area contributed by atoms with Crippen molar-refractivity contribution in [1.29, 1.82) is 0 Å². The second-order valence-corrected chi connectivity index (χ2v) is 7.76. The van der Waals surface area contributed by atoms with E-state index in [0.29, 0.717) is 12.8 Å². The molecule has 2 N–H and O–H groups in total. The summed E-state index contributed by atoms with van der Waals surface area (Å²) in [6.45, 7) is -0.238. The highest BCUT2D eigenvalue weighted by molar-refractivity contribution is 5.86. The van der Waals surface area contributed by atoms with Crippen LogP contribution in [0.1, 0.15) is 35.8 Å². The highest BCUT2D eigenvalue weighted by atomic mass is 19.4. The third-order valence-electron chi connectivity index (χ3n) is 5.15. The molecular formula is C22H21F6N3O4. The molecule has 7 nitrogen and oxygen atoms in total. The molecule has 13 heteroatoms. The van der Waals surface area contributed by atoms with Gasteiger partial charge in [-0.25, -0.2) is 9.78 Å². The quantitative estimate of drug-likeness (QED) is 0.475. The molecule has 1 fully saturated rings. The third kappa shape index (κ3) is 6.84. The number of hydrogen-bond acceptors (Lipinski definition) is 6. The van der Waals surface area contributed by atoms with Gasteiger partial charge in [-0.05, 0) is 24.5 Å². The number of nitrogens with zero attached hydrogens (tertiary/aromatic N) is 2. The van der Waals surface area contributed by atoms with Crippen LogP contribution in [0, 0.1) is 0 Å². The maximum Gasteiger partial charge on any atom is 0.490 e. The number of ether oxygens (including phenoxy) is 2. The highest BCUT2D eigenvalue weighted by Gasteiger charge is 2.44. The van der Waals surface area contributed by atoms with E-state index in [2.05, 4.69) is 9.72 Å². The predicted molar refractivity (Wildman–Crippen MR) is 109 cm³/mol. The van der Waals surface area contributed by atoms with Gasteiger partial charge in [0.15, 0.2) is 0 Å². The monoisotopic (exact) mass is 505 g/mol. The van der Waals surface area contributed by atoms with E-state index in [0.717, 1.165) is 11.0 Å². The number of alkyl halides is 6. The van der Waals surface area contributed by atoms with Crippen molar-refractivity contribution < 1.29 is 45.4 Å². The molecule has 35 heavy (non-hydrogen) atoms. The number of esters is 1. The van der Waals surface area contributed by atoms with Crippen LogP contribution in [0.3, 0.4) is 0 Å². The highest BCUT2D eigenvalue weighted by Crippen LogP contribution is 2.31. The number of rotatable bonds is 6. The largest absolute Gasteiger partial charge is 0.490 e. The van der Waals surface area contributed by atoms with E-state index in [1.807, 2.05) is 0 Å². The molecule has 0 aliphatic carbocycles. The maximum absolute atomic E-state index is 13.1. The lowest BCUT2D eigenvalue weighted by molar-refractivity contribution is -0.207. The number of piperidine rings is 1. The van der Waals surface area contributed by atoms with Crippen LogP contribution in [0.4, 0.5) is 26.3 Å². The zero-order valence-electron chi connectivity index (χ0n) is 18.1. The van der Waals surface area contributed by atoms with Gasteiger partial charge in [0, 0.05) is 24.7 Å². The maximum atomic E-state index is 13.1. The van der Waals surface area contributed by atoms with Gasteiger partial charge in [0.05, 0.1) is 6.54 Å². The molecule has 1 amide bonds. The molecule has 2 heterocycles. The normalized spacial score (nSPS) is 17.6. The molecule has 2 aromatic rings. The van der Waals surface area contributed by atoms with Crippen LogP contribution in [-0.2, 0) is 27.0 Å². The predicted octanol–water partition coefficient (Wildman–Crippen LogP) is 3.78. The van der Waals surface area contributed by atoms with Gasteiger partial charge in [-0.1, -0.05) is 30.3 Å². The Labute approximate surface area is 195 Å². The van der Waals surface area contributed by atoms with Gasteiger partial charge in [-0.2, -0.15) is 26.3 Å². The first-order valence-corrected chi connectivity index (χ1v) is 10.4. The number of pyridine rings is 1. The number of amides is 1. The Morgan fingerprint density at radius 1 is 1.11 bits per heavy atom. The van der Waals surface area contributed by atoms with E-state index in [4.69, 9.17) is 10.5 Å². The van der Waals surface area contributed by atoms with Gasteiger partial charge >= 0.3 is 18.3 Å². The van der Waals surface area contributed by atoms with E-state index in [9.17, 15) is 35.9 Å². The molecule has 1 aromatic heterocycles. The number of likely N-dealkylation sites (tertiary alicyclic amines) is 1. The molecule has 0 bridgehead atoms. The number of aromatic nitrogens is 1. The van der Waals surface area contributed by atoms with Crippen molar-refractivity contribution in [3.63, 3.8) is 0 Å². The van der Waals surface area contributed by atoms with Crippen molar-refractivity contribution in [3.8, 4) is 5.88 Å². The van der Waals surface area contributed by atoms with Crippen LogP contribution in [0.5, 0.6) is 5.88 Å². The van der Waals surface area contributed by atoms with Crippen molar-refractivity contribution in [2.75, 3.05) is 13.1 Å². The Hall–Kier alpha value is -3.35. The Morgan fingerprint density at radius 2 is 1.80 bits per heavy atom. The number of hydrogen-bond donors (Lipinski definition) is 1. The van der Waals surface area contributed by atoms with E-state index in [-0.39, 0.29) is 36.6 Å². The molecule has 1 saturated heterocycles. The van der Waals surface area contributed by atoms with Gasteiger partial charge < -0.3 is 20.1 Å². The molecular weight excluding hydrogens is 484 g/mol. The van der Waals surface area contributed by atoms with Crippen molar-refractivity contribution >= 4 is 11.9 Å². The summed E-state index contributed by atoms with van der Waals surface area (Å²) in [6, 6.07) is 9.22. The Kier molecular flexibility index (Phi) is 7.88. The Balaban J connectivity index is 1.79. The second kappa shape index (κ2) is 10.5. The van der Waals surface area contributed by atoms with Crippen LogP contribution in [0.2, 0.25) is 0 Å². The summed E-state index contributed by atoms with van der Waals surface area (Å²) in [7, 11) is 0. The summed E-state index contributed by atoms with van der Waals surface area (Å²) in [5.74, 6) is -3.78. The van der Waals surface area contributed by atoms with Crippen molar-refractivity contribution in [2.45, 2.75) is 43.9 Å². The van der Waals surface area contributed by atoms with Gasteiger partial charge in [0.25, 0.3) is 5.91 Å². The van der Waals surface area contributed by atoms with Crippen LogP contribution < -0.4 is 10.5 Å². The van der Waals surface area contributed by atoms with E-state index < -0.39 is 42.1 Å². The van der Waals surface area contributed by atoms with Crippen molar-refractivity contribution in [3.05, 3.63) is 59.3 Å². The van der Waals surface area contributed by atoms with Gasteiger partial charge in [-0.15, -0.1) is 0 Å². The second-order valence-electron chi connectivity index (χ2n) is 7.76. The van der Waals surface area contributed by atoms with Crippen LogP contribution in [0.15, 0.2) is 42.5 Å². The number of halogens is 6. The minimum atomic E-state index is -5.31. The number of benzene rings is 1. The Bertz CT molecular complexity index is 1050. The molecule has 190 valence electrons. The summed E-state index contributed by atoms with van der Waals surface area (Å²) < 4.78 is 87.9. The number of carbonyl (C=O) groups is 2. The molecule has 3 rings (SSSR count). The molecule has 0 radical (unpaired) electrons. The fourth-order valence-electron chi connectivity index (χ4n) is 3.52. The molecule has 1 aromatic carbocycles. The average Bonchev–Trinajstić information content (AvgIpc) is 2.81. The molecule has 1 aliphatic heterocycles. The molecule has 1 aliphatic rings. The summed E-state index contributed by atoms with van der Waals surface area (Å²) in [5, 5.41) is 0. The van der Waals surface area contributed by atoms with Gasteiger partial charge in [0.2, 0.25) is 12.0 Å². The van der Waals surface area contributed by atoms with Crippen LogP contribution in [-0.4, -0.2) is 47.1 Å². The lowest BCUT2D eigenvalue weighted by atomic mass is 10.0. The van der Waals surface area contributed by atoms with Crippen LogP contribution in [0.25, 0.3) is 0 Å². The standard InChI is InChI=1S/C22H21F6N3O4/c23-21(24,25)16-9-13(11-29)10-17(30-16)34-15-7-4-8-31(12-15)19(32)18(14-5-2-1-3-6-14)35-20(33)22(26,27)28/h1-3,5-6,9-10,15,18H,4,7-8,11-12,29H2/t15-,18?/m0/s1. The smallest absolute Gasteiger partial charge is 0.472 e. The average molecular weight is 505 g/mol. The Morgan fingerprint density at radius 3 is 2.40 bits per heavy atom. The lowest BCUT2D eigenvalue weighted by Crippen LogP contribution is -2.47. The summed E-state index contributed by atoms with van der Waals surface area (Å²) in [4.78, 5) is 29.2. The SMILES string of the molecule is NCc1cc(O[C@H]2CCCN(C(=O)C(OC(=O)C(F)(F)F)c3ccccc3)C2)nc(C(F)(F)F)c1. The lowest BCUT2D eigenvalue weighted by Gasteiger charge is -2.34. The topological polar surface area (TPSA) is 94.8 Å². The van der Waals surface area contributed by atoms with Gasteiger partial charge in [0.1, 0.15) is 11.8 Å². The summed E-state index contributed by atoms with van der Waals surface area (Å²) >= 11 is 0. The summed E-state index contributed by atoms with van der Waals surface area (Å²) in [5.41, 5.74) is 4.43. The van der Waals surface area contributed by atoms with E-state index in [1.54, 1.807) is 6.07 Å². The first-order chi connectivity index (χ1) is 16.4. The first kappa shape index (κ1) is 26.3. The first-order valence-electron chi connectivity index (χ1n) is 10.4. The molecule has 0 spiro atoms. The number of nitrogens with two attached hydrogens (primary N) is 1. The number of carbonyl (C=O) groups excluding carboxylic acids is 2. The third-order valence-corrected chi connectivity index (χ3v) is 5.15. The van der Waals surface area contributed by atoms with Crippen molar-refractivity contribution in [2.24, 2.45) is 5.73 Å². The summed E-state index contributed by atoms with van der Waals surface area (Å²) in [6.07, 6.45) is -12.0. The zero-order chi connectivity index (χ0) is 25.8. The fourth-order valence-corrected chi connectivity index (χ4v) is 3.52. The molecule has 2 atom stereocenters. The van der Waals surface area contributed by atoms with Gasteiger partial charge in [-0.3, -0.25) is 4.79 Å². The molecule has 0 saturated carbocycles. The van der Waals surface area contributed by atoms with Crippen LogP contribution >= 0.6 is 0 Å².